The van der Waals surface area contributed by atoms with Crippen molar-refractivity contribution < 1.29 is 45.1 Å². The maximum absolute atomic E-state index is 13.8. The molecule has 1 aliphatic rings. The maximum atomic E-state index is 13.8. The Labute approximate surface area is 237 Å². The van der Waals surface area contributed by atoms with Crippen LogP contribution in [0.25, 0.3) is 23.0 Å². The molecule has 0 radical (unpaired) electrons. The van der Waals surface area contributed by atoms with E-state index in [2.05, 4.69) is 19.9 Å². The van der Waals surface area contributed by atoms with Gasteiger partial charge in [0.1, 0.15) is 17.6 Å². The van der Waals surface area contributed by atoms with E-state index in [0.717, 1.165) is 22.5 Å². The van der Waals surface area contributed by atoms with E-state index >= 15 is 0 Å². The number of hydrogen-bond acceptors (Lipinski definition) is 10. The number of carbonyl (C=O) groups excluding carboxylic acids is 1. The molecule has 0 aliphatic carbocycles. The number of aromatic nitrogens is 3. The fraction of sp³-hybridized carbons (Fsp3) is 0.259. The van der Waals surface area contributed by atoms with Crippen LogP contribution in [0.3, 0.4) is 0 Å². The molecule has 11 nitrogen and oxygen atoms in total. The number of rotatable bonds is 8. The van der Waals surface area contributed by atoms with Gasteiger partial charge in [-0.15, -0.1) is 0 Å². The molecule has 15 heteroatoms. The fourth-order valence-corrected chi connectivity index (χ4v) is 5.87. The number of esters is 1. The van der Waals surface area contributed by atoms with Crippen LogP contribution >= 0.6 is 0 Å². The molecule has 0 saturated carbocycles. The first kappa shape index (κ1) is 28.9. The smallest absolute Gasteiger partial charge is 0.416 e. The zero-order valence-electron chi connectivity index (χ0n) is 22.2. The zero-order chi connectivity index (χ0) is 30.1. The Balaban J connectivity index is 1.55. The number of sulfonamides is 1. The minimum atomic E-state index is -4.75. The lowest BCUT2D eigenvalue weighted by atomic mass is 10.1. The summed E-state index contributed by atoms with van der Waals surface area (Å²) in [5, 5.41) is 3.98. The monoisotopic (exact) mass is 604 g/mol. The van der Waals surface area contributed by atoms with Crippen LogP contribution in [0.1, 0.15) is 18.4 Å². The highest BCUT2D eigenvalue weighted by Gasteiger charge is 2.37. The minimum absolute atomic E-state index is 0.0426. The second kappa shape index (κ2) is 11.3. The summed E-state index contributed by atoms with van der Waals surface area (Å²) in [5.41, 5.74) is -0.444. The molecule has 0 spiro atoms. The van der Waals surface area contributed by atoms with Gasteiger partial charge in [0.25, 0.3) is 15.9 Å². The van der Waals surface area contributed by atoms with Crippen LogP contribution in [0.4, 0.5) is 18.9 Å². The van der Waals surface area contributed by atoms with Gasteiger partial charge in [-0.25, -0.2) is 13.4 Å². The van der Waals surface area contributed by atoms with Crippen LogP contribution in [-0.2, 0) is 25.7 Å². The second-order valence-corrected chi connectivity index (χ2v) is 10.9. The molecular weight excluding hydrogens is 581 g/mol. The van der Waals surface area contributed by atoms with Gasteiger partial charge in [-0.05, 0) is 55.0 Å². The molecule has 0 amide bonds. The topological polar surface area (TPSA) is 134 Å². The summed E-state index contributed by atoms with van der Waals surface area (Å²) >= 11 is 0. The van der Waals surface area contributed by atoms with Crippen molar-refractivity contribution in [2.75, 3.05) is 25.1 Å². The molecule has 5 rings (SSSR count). The Morgan fingerprint density at radius 2 is 1.93 bits per heavy atom. The molecule has 1 aliphatic heterocycles. The Bertz CT molecular complexity index is 1730. The highest BCUT2D eigenvalue weighted by atomic mass is 32.2. The normalized spacial score (nSPS) is 15.1. The number of benzene rings is 2. The van der Waals surface area contributed by atoms with Crippen molar-refractivity contribution >= 4 is 21.7 Å². The number of alkyl halides is 3. The van der Waals surface area contributed by atoms with Crippen LogP contribution in [0.15, 0.2) is 70.2 Å². The van der Waals surface area contributed by atoms with Gasteiger partial charge >= 0.3 is 12.1 Å². The van der Waals surface area contributed by atoms with Crippen molar-refractivity contribution in [2.45, 2.75) is 30.0 Å². The van der Waals surface area contributed by atoms with Crippen LogP contribution < -0.4 is 13.8 Å². The molecule has 0 saturated heterocycles. The summed E-state index contributed by atoms with van der Waals surface area (Å²) in [5.74, 6) is 0.135. The molecule has 220 valence electrons. The van der Waals surface area contributed by atoms with Gasteiger partial charge in [0.05, 0.1) is 36.9 Å². The molecule has 1 atom stereocenters. The summed E-state index contributed by atoms with van der Waals surface area (Å²) in [6.07, 6.45) is -3.99. The fourth-order valence-electron chi connectivity index (χ4n) is 4.32. The van der Waals surface area contributed by atoms with Gasteiger partial charge in [0.15, 0.2) is 5.69 Å². The second-order valence-electron chi connectivity index (χ2n) is 9.08. The average Bonchev–Trinajstić information content (AvgIpc) is 3.49. The van der Waals surface area contributed by atoms with Crippen molar-refractivity contribution in [1.82, 2.24) is 15.1 Å². The largest absolute Gasteiger partial charge is 0.494 e. The zero-order valence-corrected chi connectivity index (χ0v) is 23.0. The number of methoxy groups -OCH3 is 2. The molecule has 2 aromatic heterocycles. The van der Waals surface area contributed by atoms with E-state index in [0.29, 0.717) is 23.1 Å². The Hall–Kier alpha value is -4.66. The van der Waals surface area contributed by atoms with Crippen LogP contribution in [0.5, 0.6) is 11.5 Å². The Morgan fingerprint density at radius 1 is 1.12 bits per heavy atom. The summed E-state index contributed by atoms with van der Waals surface area (Å²) < 4.78 is 90.1. The number of pyridine rings is 1. The summed E-state index contributed by atoms with van der Waals surface area (Å²) in [7, 11) is -1.86. The highest BCUT2D eigenvalue weighted by Crippen LogP contribution is 2.41. The van der Waals surface area contributed by atoms with E-state index in [4.69, 9.17) is 14.0 Å². The van der Waals surface area contributed by atoms with Crippen molar-refractivity contribution in [3.05, 3.63) is 66.4 Å². The summed E-state index contributed by atoms with van der Waals surface area (Å²) in [4.78, 5) is 19.7. The van der Waals surface area contributed by atoms with E-state index in [-0.39, 0.29) is 42.5 Å². The molecule has 0 fully saturated rings. The number of anilines is 1. The SMILES string of the molecule is COC(=O)CC[C@H]1CN(S(=O)(=O)c2cccc(C(F)(F)F)c2)c2cc(-c3noc(-c4ncccc4OC)n3)ccc2O1. The van der Waals surface area contributed by atoms with Crippen molar-refractivity contribution in [3.63, 3.8) is 0 Å². The number of ether oxygens (including phenoxy) is 3. The lowest BCUT2D eigenvalue weighted by Gasteiger charge is -2.35. The third-order valence-corrected chi connectivity index (χ3v) is 8.19. The number of hydrogen-bond donors (Lipinski definition) is 0. The first-order valence-electron chi connectivity index (χ1n) is 12.4. The lowest BCUT2D eigenvalue weighted by Crippen LogP contribution is -2.43. The van der Waals surface area contributed by atoms with Gasteiger partial charge in [-0.3, -0.25) is 9.10 Å². The average molecular weight is 605 g/mol. The van der Waals surface area contributed by atoms with E-state index in [1.807, 2.05) is 0 Å². The van der Waals surface area contributed by atoms with Crippen molar-refractivity contribution in [3.8, 4) is 34.5 Å². The predicted octanol–water partition coefficient (Wildman–Crippen LogP) is 4.74. The quantitative estimate of drug-likeness (QED) is 0.260. The van der Waals surface area contributed by atoms with Gasteiger partial charge in [0, 0.05) is 18.2 Å². The van der Waals surface area contributed by atoms with Crippen molar-refractivity contribution in [2.24, 2.45) is 0 Å². The predicted molar refractivity (Wildman–Crippen MR) is 141 cm³/mol. The first-order valence-corrected chi connectivity index (χ1v) is 13.9. The maximum Gasteiger partial charge on any atom is 0.416 e. The Morgan fingerprint density at radius 3 is 2.67 bits per heavy atom. The molecule has 0 unspecified atom stereocenters. The van der Waals surface area contributed by atoms with Gasteiger partial charge in [-0.2, -0.15) is 18.2 Å². The van der Waals surface area contributed by atoms with Gasteiger partial charge in [0.2, 0.25) is 5.82 Å². The lowest BCUT2D eigenvalue weighted by molar-refractivity contribution is -0.141. The van der Waals surface area contributed by atoms with E-state index < -0.39 is 38.7 Å². The minimum Gasteiger partial charge on any atom is -0.494 e. The van der Waals surface area contributed by atoms with E-state index in [1.54, 1.807) is 18.2 Å². The Kier molecular flexibility index (Phi) is 7.77. The van der Waals surface area contributed by atoms with E-state index in [9.17, 15) is 26.4 Å². The highest BCUT2D eigenvalue weighted by molar-refractivity contribution is 7.92. The van der Waals surface area contributed by atoms with Crippen LogP contribution in [0.2, 0.25) is 0 Å². The number of carbonyl (C=O) groups is 1. The summed E-state index contributed by atoms with van der Waals surface area (Å²) in [6.45, 7) is -0.283. The van der Waals surface area contributed by atoms with E-state index in [1.165, 1.54) is 32.5 Å². The molecular formula is C27H23F3N4O7S. The molecule has 42 heavy (non-hydrogen) atoms. The van der Waals surface area contributed by atoms with Crippen molar-refractivity contribution in [1.29, 1.82) is 0 Å². The third-order valence-electron chi connectivity index (χ3n) is 6.42. The number of nitrogens with zero attached hydrogens (tertiary/aromatic N) is 4. The van der Waals surface area contributed by atoms with Crippen LogP contribution in [0, 0.1) is 0 Å². The molecule has 3 heterocycles. The molecule has 2 aromatic carbocycles. The molecule has 0 N–H and O–H groups in total. The molecule has 0 bridgehead atoms. The summed E-state index contributed by atoms with van der Waals surface area (Å²) in [6, 6.07) is 11.3. The van der Waals surface area contributed by atoms with Crippen LogP contribution in [-0.4, -0.2) is 56.4 Å². The third kappa shape index (κ3) is 5.72. The number of fused-ring (bicyclic) bond motifs is 1. The van der Waals surface area contributed by atoms with Gasteiger partial charge < -0.3 is 18.7 Å². The molecule has 4 aromatic rings. The number of halogens is 3. The standard InChI is InChI=1S/C27H23F3N4O7S/c1-38-22-7-4-12-31-24(22)26-32-25(33-41-26)16-8-10-21-20(13-16)34(15-18(40-21)9-11-23(35)39-2)42(36,37)19-6-3-5-17(14-19)27(28,29)30/h3-8,10,12-14,18H,9,11,15H2,1-2H3/t18-/m0/s1. The van der Waals surface area contributed by atoms with Gasteiger partial charge in [-0.1, -0.05) is 11.2 Å². The first-order chi connectivity index (χ1) is 20.0.